The van der Waals surface area contributed by atoms with Crippen LogP contribution in [0.3, 0.4) is 0 Å². The van der Waals surface area contributed by atoms with Crippen molar-refractivity contribution < 1.29 is 18.7 Å². The summed E-state index contributed by atoms with van der Waals surface area (Å²) in [5.41, 5.74) is 6.45. The molecule has 1 aromatic carbocycles. The number of nitrogens with one attached hydrogen (secondary N) is 2. The van der Waals surface area contributed by atoms with Crippen LogP contribution in [0, 0.1) is 6.92 Å². The fourth-order valence-corrected chi connectivity index (χ4v) is 5.47. The van der Waals surface area contributed by atoms with Crippen LogP contribution >= 0.6 is 0 Å². The number of anilines is 3. The first-order chi connectivity index (χ1) is 21.5. The third-order valence-electron chi connectivity index (χ3n) is 7.89. The van der Waals surface area contributed by atoms with Crippen LogP contribution in [0.2, 0.25) is 0 Å². The Morgan fingerprint density at radius 2 is 1.95 bits per heavy atom. The van der Waals surface area contributed by atoms with Crippen LogP contribution in [0.1, 0.15) is 28.3 Å². The molecule has 0 bridgehead atoms. The molecule has 1 atom stereocenters. The minimum atomic E-state index is -0.348. The molecule has 4 aromatic rings. The first-order valence-electron chi connectivity index (χ1n) is 14.6. The largest absolute Gasteiger partial charge is 0.468 e. The van der Waals surface area contributed by atoms with Gasteiger partial charge in [-0.25, -0.2) is 19.9 Å². The number of amides is 1. The number of benzene rings is 1. The molecule has 0 radical (unpaired) electrons. The summed E-state index contributed by atoms with van der Waals surface area (Å²) in [6.07, 6.45) is 9.39. The molecule has 12 nitrogen and oxygen atoms in total. The molecule has 1 aliphatic carbocycles. The van der Waals surface area contributed by atoms with Gasteiger partial charge >= 0.3 is 0 Å². The maximum Gasteiger partial charge on any atom is 0.244 e. The number of methoxy groups -OCH3 is 1. The van der Waals surface area contributed by atoms with Crippen LogP contribution in [-0.2, 0) is 22.6 Å². The molecule has 1 amide bonds. The number of aryl methyl sites for hydroxylation is 1. The third kappa shape index (κ3) is 6.62. The van der Waals surface area contributed by atoms with Crippen molar-refractivity contribution in [2.24, 2.45) is 0 Å². The van der Waals surface area contributed by atoms with Crippen LogP contribution in [0.25, 0.3) is 5.57 Å². The van der Waals surface area contributed by atoms with Gasteiger partial charge in [-0.05, 0) is 49.2 Å². The van der Waals surface area contributed by atoms with Gasteiger partial charge in [0.1, 0.15) is 12.3 Å². The van der Waals surface area contributed by atoms with Crippen molar-refractivity contribution in [3.8, 4) is 5.88 Å². The van der Waals surface area contributed by atoms with Crippen molar-refractivity contribution >= 4 is 28.8 Å². The number of aromatic nitrogens is 4. The Labute approximate surface area is 256 Å². The van der Waals surface area contributed by atoms with Crippen molar-refractivity contribution in [2.45, 2.75) is 26.0 Å². The quantitative estimate of drug-likeness (QED) is 0.263. The van der Waals surface area contributed by atoms with E-state index in [1.165, 1.54) is 6.26 Å². The number of ether oxygens (including phenoxy) is 2. The first kappa shape index (κ1) is 29.4. The maximum atomic E-state index is 13.5. The molecule has 0 spiro atoms. The van der Waals surface area contributed by atoms with Gasteiger partial charge in [-0.15, -0.1) is 0 Å². The van der Waals surface area contributed by atoms with Gasteiger partial charge in [0.2, 0.25) is 23.6 Å². The molecule has 0 saturated carbocycles. The highest BCUT2D eigenvalue weighted by Gasteiger charge is 2.30. The van der Waals surface area contributed by atoms with E-state index in [-0.39, 0.29) is 18.6 Å². The Hall–Kier alpha value is -4.65. The first-order valence-corrected chi connectivity index (χ1v) is 14.6. The molecule has 1 saturated heterocycles. The summed E-state index contributed by atoms with van der Waals surface area (Å²) in [4.78, 5) is 35.7. The molecule has 228 valence electrons. The predicted molar refractivity (Wildman–Crippen MR) is 166 cm³/mol. The zero-order chi connectivity index (χ0) is 30.5. The van der Waals surface area contributed by atoms with Crippen LogP contribution in [0.5, 0.6) is 5.88 Å². The average molecular weight is 597 g/mol. The summed E-state index contributed by atoms with van der Waals surface area (Å²) < 4.78 is 16.2. The maximum absolute atomic E-state index is 13.5. The highest BCUT2D eigenvalue weighted by molar-refractivity contribution is 5.97. The SMILES string of the molecule is COC[C@H](C(=O)Nc1cccc2c1CC=C2c1nc(Nc2ccc(OCc3ncco3)nc2)ncc1C)N1CCN(C)CC1. The van der Waals surface area contributed by atoms with Gasteiger partial charge in [-0.3, -0.25) is 9.69 Å². The van der Waals surface area contributed by atoms with Gasteiger partial charge < -0.3 is 29.4 Å². The number of pyridine rings is 1. The van der Waals surface area contributed by atoms with Gasteiger partial charge in [-0.1, -0.05) is 18.2 Å². The third-order valence-corrected chi connectivity index (χ3v) is 7.89. The highest BCUT2D eigenvalue weighted by Crippen LogP contribution is 2.37. The number of carbonyl (C=O) groups excluding carboxylic acids is 1. The van der Waals surface area contributed by atoms with Gasteiger partial charge in [-0.2, -0.15) is 0 Å². The average Bonchev–Trinajstić information content (AvgIpc) is 3.72. The van der Waals surface area contributed by atoms with Crippen molar-refractivity contribution in [1.29, 1.82) is 0 Å². The molecule has 0 unspecified atom stereocenters. The van der Waals surface area contributed by atoms with Gasteiger partial charge in [0.25, 0.3) is 0 Å². The number of hydrogen-bond donors (Lipinski definition) is 2. The monoisotopic (exact) mass is 596 g/mol. The molecule has 3 aromatic heterocycles. The molecule has 1 fully saturated rings. The van der Waals surface area contributed by atoms with E-state index in [0.29, 0.717) is 30.7 Å². The molecule has 1 aliphatic heterocycles. The van der Waals surface area contributed by atoms with Gasteiger partial charge in [0, 0.05) is 56.8 Å². The highest BCUT2D eigenvalue weighted by atomic mass is 16.5. The zero-order valence-electron chi connectivity index (χ0n) is 25.1. The molecular formula is C32H36N8O4. The Bertz CT molecular complexity index is 1620. The van der Waals surface area contributed by atoms with Crippen molar-refractivity contribution in [3.63, 3.8) is 0 Å². The number of piperazine rings is 1. The van der Waals surface area contributed by atoms with E-state index in [2.05, 4.69) is 54.6 Å². The minimum Gasteiger partial charge on any atom is -0.468 e. The van der Waals surface area contributed by atoms with Gasteiger partial charge in [0.15, 0.2) is 6.61 Å². The van der Waals surface area contributed by atoms with E-state index in [4.69, 9.17) is 18.9 Å². The summed E-state index contributed by atoms with van der Waals surface area (Å²) in [5.74, 6) is 1.33. The lowest BCUT2D eigenvalue weighted by molar-refractivity contribution is -0.124. The molecule has 12 heteroatoms. The molecule has 4 heterocycles. The zero-order valence-corrected chi connectivity index (χ0v) is 25.1. The Kier molecular flexibility index (Phi) is 8.91. The minimum absolute atomic E-state index is 0.0504. The number of likely N-dealkylation sites (N-methyl/N-ethyl adjacent to an activating group) is 1. The lowest BCUT2D eigenvalue weighted by Gasteiger charge is -2.36. The number of fused-ring (bicyclic) bond motifs is 1. The van der Waals surface area contributed by atoms with E-state index < -0.39 is 0 Å². The molecule has 2 N–H and O–H groups in total. The lowest BCUT2D eigenvalue weighted by Crippen LogP contribution is -2.54. The van der Waals surface area contributed by atoms with E-state index in [0.717, 1.165) is 65.5 Å². The van der Waals surface area contributed by atoms with E-state index in [9.17, 15) is 4.79 Å². The van der Waals surface area contributed by atoms with E-state index in [1.807, 2.05) is 31.3 Å². The van der Waals surface area contributed by atoms with Crippen molar-refractivity contribution in [3.05, 3.63) is 89.5 Å². The number of carbonyl (C=O) groups is 1. The summed E-state index contributed by atoms with van der Waals surface area (Å²) in [6, 6.07) is 9.27. The number of nitrogens with zero attached hydrogens (tertiary/aromatic N) is 6. The Morgan fingerprint density at radius 3 is 2.70 bits per heavy atom. The van der Waals surface area contributed by atoms with Crippen molar-refractivity contribution in [2.75, 3.05) is 57.6 Å². The fraction of sp³-hybridized carbons (Fsp3) is 0.344. The summed E-state index contributed by atoms with van der Waals surface area (Å²) in [7, 11) is 3.74. The molecular weight excluding hydrogens is 560 g/mol. The predicted octanol–water partition coefficient (Wildman–Crippen LogP) is 3.68. The summed E-state index contributed by atoms with van der Waals surface area (Å²) in [6.45, 7) is 6.06. The molecule has 6 rings (SSSR count). The number of oxazole rings is 1. The normalized spacial score (nSPS) is 15.8. The standard InChI is InChI=1S/C32H36N8O4/c1-21-17-35-32(36-22-7-10-28(34-18-22)44-20-29-33-11-16-43-29)38-30(21)25-9-8-24-23(25)5-4-6-26(24)37-31(41)27(19-42-3)40-14-12-39(2)13-15-40/h4-7,9-11,16-18,27H,8,12-15,19-20H2,1-3H3,(H,37,41)(H,35,36,38)/t27-/m1/s1. The summed E-state index contributed by atoms with van der Waals surface area (Å²) >= 11 is 0. The second kappa shape index (κ2) is 13.3. The fourth-order valence-electron chi connectivity index (χ4n) is 5.47. The lowest BCUT2D eigenvalue weighted by atomic mass is 9.99. The second-order valence-electron chi connectivity index (χ2n) is 10.9. The summed E-state index contributed by atoms with van der Waals surface area (Å²) in [5, 5.41) is 6.45. The van der Waals surface area contributed by atoms with Crippen LogP contribution < -0.4 is 15.4 Å². The van der Waals surface area contributed by atoms with Gasteiger partial charge in [0.05, 0.1) is 30.4 Å². The number of rotatable bonds is 11. The van der Waals surface area contributed by atoms with E-state index >= 15 is 0 Å². The molecule has 2 aliphatic rings. The molecule has 44 heavy (non-hydrogen) atoms. The van der Waals surface area contributed by atoms with Crippen LogP contribution in [0.15, 0.2) is 65.7 Å². The Morgan fingerprint density at radius 1 is 1.09 bits per heavy atom. The Balaban J connectivity index is 1.15. The van der Waals surface area contributed by atoms with E-state index in [1.54, 1.807) is 25.6 Å². The number of hydrogen-bond acceptors (Lipinski definition) is 11. The van der Waals surface area contributed by atoms with Crippen LogP contribution in [0.4, 0.5) is 17.3 Å². The van der Waals surface area contributed by atoms with Crippen LogP contribution in [-0.4, -0.2) is 88.6 Å². The number of allylic oxidation sites excluding steroid dienone is 1. The topological polar surface area (TPSA) is 131 Å². The van der Waals surface area contributed by atoms with Crippen molar-refractivity contribution in [1.82, 2.24) is 29.7 Å². The second-order valence-corrected chi connectivity index (χ2v) is 10.9. The smallest absolute Gasteiger partial charge is 0.244 e.